The highest BCUT2D eigenvalue weighted by Gasteiger charge is 2.32. The Morgan fingerprint density at radius 1 is 1.47 bits per heavy atom. The number of rotatable bonds is 4. The van der Waals surface area contributed by atoms with Gasteiger partial charge < -0.3 is 15.2 Å². The molecule has 0 saturated carbocycles. The van der Waals surface area contributed by atoms with E-state index in [1.54, 1.807) is 6.92 Å². The van der Waals surface area contributed by atoms with Crippen molar-refractivity contribution in [3.05, 3.63) is 22.9 Å². The first-order chi connectivity index (χ1) is 8.78. The molecule has 0 aliphatic carbocycles. The lowest BCUT2D eigenvalue weighted by molar-refractivity contribution is -0.276. The number of esters is 1. The van der Waals surface area contributed by atoms with Gasteiger partial charge >= 0.3 is 12.3 Å². The van der Waals surface area contributed by atoms with Crippen molar-refractivity contribution in [2.75, 3.05) is 6.61 Å². The van der Waals surface area contributed by atoms with E-state index in [9.17, 15) is 18.0 Å². The van der Waals surface area contributed by atoms with Crippen LogP contribution >= 0.6 is 0 Å². The van der Waals surface area contributed by atoms with Gasteiger partial charge in [0.1, 0.15) is 0 Å². The average molecular weight is 278 g/mol. The summed E-state index contributed by atoms with van der Waals surface area (Å²) in [6, 6.07) is 1.05. The van der Waals surface area contributed by atoms with Crippen molar-refractivity contribution in [1.29, 1.82) is 0 Å². The zero-order valence-electron chi connectivity index (χ0n) is 10.4. The summed E-state index contributed by atoms with van der Waals surface area (Å²) >= 11 is 0. The molecule has 0 atom stereocenters. The van der Waals surface area contributed by atoms with E-state index in [-0.39, 0.29) is 18.8 Å². The number of alkyl halides is 3. The largest absolute Gasteiger partial charge is 0.574 e. The number of carbonyl (C=O) groups excluding carboxylic acids is 1. The molecule has 0 spiro atoms. The second kappa shape index (κ2) is 5.87. The molecule has 0 aromatic carbocycles. The molecule has 0 amide bonds. The summed E-state index contributed by atoms with van der Waals surface area (Å²) in [4.78, 5) is 15.1. The second-order valence-corrected chi connectivity index (χ2v) is 3.57. The van der Waals surface area contributed by atoms with Gasteiger partial charge in [-0.15, -0.1) is 13.2 Å². The summed E-state index contributed by atoms with van der Waals surface area (Å²) in [5.74, 6) is -1.55. The Morgan fingerprint density at radius 3 is 2.58 bits per heavy atom. The molecular weight excluding hydrogens is 265 g/mol. The maximum absolute atomic E-state index is 12.1. The van der Waals surface area contributed by atoms with Crippen LogP contribution in [0.15, 0.2) is 6.07 Å². The third kappa shape index (κ3) is 4.09. The summed E-state index contributed by atoms with van der Waals surface area (Å²) in [5, 5.41) is 0. The molecule has 1 aromatic rings. The highest BCUT2D eigenvalue weighted by Crippen LogP contribution is 2.24. The standard InChI is InChI=1S/C11H13F3N2O3/c1-3-18-10(17)9-6(2)7(5-15)4-8(16-9)19-11(12,13)14/h4H,3,5,15H2,1-2H3. The lowest BCUT2D eigenvalue weighted by atomic mass is 10.1. The van der Waals surface area contributed by atoms with Crippen LogP contribution in [0.1, 0.15) is 28.5 Å². The highest BCUT2D eigenvalue weighted by atomic mass is 19.4. The third-order valence-corrected chi connectivity index (χ3v) is 2.27. The Labute approximate surface area is 107 Å². The molecule has 1 aromatic heterocycles. The number of pyridine rings is 1. The van der Waals surface area contributed by atoms with E-state index >= 15 is 0 Å². The number of ether oxygens (including phenoxy) is 2. The minimum Gasteiger partial charge on any atom is -0.461 e. The molecule has 2 N–H and O–H groups in total. The molecule has 0 bridgehead atoms. The molecule has 0 aliphatic rings. The fourth-order valence-electron chi connectivity index (χ4n) is 1.42. The molecule has 106 valence electrons. The number of hydrogen-bond donors (Lipinski definition) is 1. The normalized spacial score (nSPS) is 11.3. The van der Waals surface area contributed by atoms with E-state index in [0.29, 0.717) is 11.1 Å². The quantitative estimate of drug-likeness (QED) is 0.852. The molecule has 1 rings (SSSR count). The second-order valence-electron chi connectivity index (χ2n) is 3.57. The third-order valence-electron chi connectivity index (χ3n) is 2.27. The van der Waals surface area contributed by atoms with E-state index in [1.807, 2.05) is 0 Å². The van der Waals surface area contributed by atoms with E-state index in [0.717, 1.165) is 6.07 Å². The number of halogens is 3. The minimum atomic E-state index is -4.89. The van der Waals surface area contributed by atoms with Gasteiger partial charge in [-0.25, -0.2) is 9.78 Å². The number of aromatic nitrogens is 1. The summed E-state index contributed by atoms with van der Waals surface area (Å²) in [6.45, 7) is 3.14. The number of carbonyl (C=O) groups is 1. The lowest BCUT2D eigenvalue weighted by Crippen LogP contribution is -2.20. The van der Waals surface area contributed by atoms with Crippen LogP contribution in [0.25, 0.3) is 0 Å². The first-order valence-electron chi connectivity index (χ1n) is 5.42. The zero-order valence-corrected chi connectivity index (χ0v) is 10.4. The topological polar surface area (TPSA) is 74.4 Å². The van der Waals surface area contributed by atoms with Gasteiger partial charge in [0.05, 0.1) is 6.61 Å². The lowest BCUT2D eigenvalue weighted by Gasteiger charge is -2.13. The molecule has 8 heteroatoms. The van der Waals surface area contributed by atoms with Gasteiger partial charge in [-0.05, 0) is 25.0 Å². The van der Waals surface area contributed by atoms with E-state index in [4.69, 9.17) is 10.5 Å². The molecule has 0 fully saturated rings. The summed E-state index contributed by atoms with van der Waals surface area (Å²) in [5.41, 5.74) is 5.88. The van der Waals surface area contributed by atoms with Crippen LogP contribution in [-0.2, 0) is 11.3 Å². The van der Waals surface area contributed by atoms with Crippen LogP contribution in [0, 0.1) is 6.92 Å². The predicted octanol–water partition coefficient (Wildman–Crippen LogP) is 1.92. The van der Waals surface area contributed by atoms with Crippen LogP contribution in [0.5, 0.6) is 5.88 Å². The van der Waals surface area contributed by atoms with E-state index in [2.05, 4.69) is 9.72 Å². The molecule has 0 radical (unpaired) electrons. The van der Waals surface area contributed by atoms with Crippen molar-refractivity contribution in [3.8, 4) is 5.88 Å². The van der Waals surface area contributed by atoms with E-state index < -0.39 is 18.2 Å². The van der Waals surface area contributed by atoms with E-state index in [1.165, 1.54) is 6.92 Å². The van der Waals surface area contributed by atoms with Crippen molar-refractivity contribution >= 4 is 5.97 Å². The van der Waals surface area contributed by atoms with Crippen LogP contribution in [-0.4, -0.2) is 23.9 Å². The maximum atomic E-state index is 12.1. The van der Waals surface area contributed by atoms with Crippen molar-refractivity contribution in [2.45, 2.75) is 26.8 Å². The smallest absolute Gasteiger partial charge is 0.461 e. The van der Waals surface area contributed by atoms with Crippen LogP contribution < -0.4 is 10.5 Å². The Balaban J connectivity index is 3.22. The summed E-state index contributed by atoms with van der Waals surface area (Å²) in [7, 11) is 0. The Morgan fingerprint density at radius 2 is 2.11 bits per heavy atom. The van der Waals surface area contributed by atoms with Crippen molar-refractivity contribution in [2.24, 2.45) is 5.73 Å². The van der Waals surface area contributed by atoms with Gasteiger partial charge in [-0.1, -0.05) is 0 Å². The van der Waals surface area contributed by atoms with Gasteiger partial charge in [-0.3, -0.25) is 0 Å². The molecule has 1 heterocycles. The Hall–Kier alpha value is -1.83. The first-order valence-corrected chi connectivity index (χ1v) is 5.42. The van der Waals surface area contributed by atoms with Gasteiger partial charge in [0, 0.05) is 12.6 Å². The van der Waals surface area contributed by atoms with Crippen molar-refractivity contribution < 1.29 is 27.4 Å². The molecule has 19 heavy (non-hydrogen) atoms. The van der Waals surface area contributed by atoms with Gasteiger partial charge in [0.2, 0.25) is 5.88 Å². The number of nitrogens with zero attached hydrogens (tertiary/aromatic N) is 1. The van der Waals surface area contributed by atoms with Gasteiger partial charge in [-0.2, -0.15) is 0 Å². The molecule has 0 unspecified atom stereocenters. The molecular formula is C11H13F3N2O3. The van der Waals surface area contributed by atoms with Gasteiger partial charge in [0.25, 0.3) is 0 Å². The van der Waals surface area contributed by atoms with Crippen LogP contribution in [0.4, 0.5) is 13.2 Å². The first kappa shape index (κ1) is 15.2. The number of nitrogens with two attached hydrogens (primary N) is 1. The zero-order chi connectivity index (χ0) is 14.6. The number of hydrogen-bond acceptors (Lipinski definition) is 5. The Bertz CT molecular complexity index is 475. The van der Waals surface area contributed by atoms with Crippen LogP contribution in [0.3, 0.4) is 0 Å². The summed E-state index contributed by atoms with van der Waals surface area (Å²) < 4.78 is 44.9. The fourth-order valence-corrected chi connectivity index (χ4v) is 1.42. The minimum absolute atomic E-state index is 0.0467. The highest BCUT2D eigenvalue weighted by molar-refractivity contribution is 5.89. The monoisotopic (exact) mass is 278 g/mol. The average Bonchev–Trinajstić information content (AvgIpc) is 2.29. The van der Waals surface area contributed by atoms with Crippen LogP contribution in [0.2, 0.25) is 0 Å². The van der Waals surface area contributed by atoms with Gasteiger partial charge in [0.15, 0.2) is 5.69 Å². The Kier molecular flexibility index (Phi) is 4.71. The fraction of sp³-hybridized carbons (Fsp3) is 0.455. The SMILES string of the molecule is CCOC(=O)c1nc(OC(F)(F)F)cc(CN)c1C. The maximum Gasteiger partial charge on any atom is 0.574 e. The van der Waals surface area contributed by atoms with Crippen molar-refractivity contribution in [1.82, 2.24) is 4.98 Å². The summed E-state index contributed by atoms with van der Waals surface area (Å²) in [6.07, 6.45) is -4.89. The predicted molar refractivity (Wildman–Crippen MR) is 59.5 cm³/mol. The molecule has 0 aliphatic heterocycles. The van der Waals surface area contributed by atoms with Crippen molar-refractivity contribution in [3.63, 3.8) is 0 Å². The molecule has 0 saturated heterocycles. The molecule has 5 nitrogen and oxygen atoms in total.